The largest absolute Gasteiger partial charge is 0.495 e. The van der Waals surface area contributed by atoms with Crippen LogP contribution in [0.4, 0.5) is 5.82 Å². The van der Waals surface area contributed by atoms with Crippen molar-refractivity contribution in [1.29, 1.82) is 5.41 Å². The first kappa shape index (κ1) is 22.3. The van der Waals surface area contributed by atoms with Gasteiger partial charge < -0.3 is 25.9 Å². The summed E-state index contributed by atoms with van der Waals surface area (Å²) < 4.78 is 5.22. The molecule has 1 unspecified atom stereocenters. The number of aromatic nitrogens is 2. The molecule has 1 atom stereocenters. The van der Waals surface area contributed by atoms with Crippen molar-refractivity contribution in [3.63, 3.8) is 0 Å². The number of methoxy groups -OCH3 is 1. The summed E-state index contributed by atoms with van der Waals surface area (Å²) >= 11 is 0. The van der Waals surface area contributed by atoms with Gasteiger partial charge in [-0.2, -0.15) is 0 Å². The SMILES string of the molecule is COc1cncc(C(CC(=O)O)N/C(=C\C=N)CCCc2ccc3c(n2)NCCC3)c1. The zero-order chi connectivity index (χ0) is 22.1. The molecule has 2 aromatic heterocycles. The van der Waals surface area contributed by atoms with Crippen LogP contribution in [0, 0.1) is 5.41 Å². The smallest absolute Gasteiger partial charge is 0.305 e. The lowest BCUT2D eigenvalue weighted by atomic mass is 10.0. The third-order valence-electron chi connectivity index (χ3n) is 5.23. The monoisotopic (exact) mass is 423 g/mol. The number of nitrogens with one attached hydrogen (secondary N) is 3. The summed E-state index contributed by atoms with van der Waals surface area (Å²) in [5.41, 5.74) is 3.83. The number of nitrogens with zero attached hydrogens (tertiary/aromatic N) is 2. The van der Waals surface area contributed by atoms with Gasteiger partial charge in [-0.1, -0.05) is 6.07 Å². The lowest BCUT2D eigenvalue weighted by Gasteiger charge is -2.21. The Morgan fingerprint density at radius 1 is 1.42 bits per heavy atom. The van der Waals surface area contributed by atoms with Crippen LogP contribution in [-0.2, 0) is 17.6 Å². The number of carboxylic acids is 1. The molecule has 0 bridgehead atoms. The lowest BCUT2D eigenvalue weighted by molar-refractivity contribution is -0.137. The predicted octanol–water partition coefficient (Wildman–Crippen LogP) is 3.51. The van der Waals surface area contributed by atoms with Crippen molar-refractivity contribution in [1.82, 2.24) is 15.3 Å². The number of anilines is 1. The highest BCUT2D eigenvalue weighted by atomic mass is 16.5. The molecule has 0 aromatic carbocycles. The maximum absolute atomic E-state index is 11.4. The fourth-order valence-electron chi connectivity index (χ4n) is 3.66. The molecule has 0 amide bonds. The molecule has 1 aliphatic heterocycles. The first-order valence-corrected chi connectivity index (χ1v) is 10.5. The Hall–Kier alpha value is -3.42. The fourth-order valence-corrected chi connectivity index (χ4v) is 3.66. The van der Waals surface area contributed by atoms with Gasteiger partial charge in [-0.3, -0.25) is 9.78 Å². The van der Waals surface area contributed by atoms with Gasteiger partial charge in [0, 0.05) is 30.3 Å². The van der Waals surface area contributed by atoms with E-state index in [-0.39, 0.29) is 6.42 Å². The van der Waals surface area contributed by atoms with Crippen LogP contribution < -0.4 is 15.4 Å². The number of pyridine rings is 2. The van der Waals surface area contributed by atoms with E-state index < -0.39 is 12.0 Å². The van der Waals surface area contributed by atoms with E-state index >= 15 is 0 Å². The van der Waals surface area contributed by atoms with E-state index in [4.69, 9.17) is 15.1 Å². The van der Waals surface area contributed by atoms with E-state index in [1.165, 1.54) is 11.8 Å². The van der Waals surface area contributed by atoms with E-state index in [9.17, 15) is 9.90 Å². The first-order valence-electron chi connectivity index (χ1n) is 10.5. The van der Waals surface area contributed by atoms with Gasteiger partial charge in [-0.25, -0.2) is 4.98 Å². The summed E-state index contributed by atoms with van der Waals surface area (Å²) in [6.07, 6.45) is 10.5. The lowest BCUT2D eigenvalue weighted by Crippen LogP contribution is -2.24. The second-order valence-electron chi connectivity index (χ2n) is 7.51. The molecule has 0 aliphatic carbocycles. The number of hydrogen-bond donors (Lipinski definition) is 4. The third-order valence-corrected chi connectivity index (χ3v) is 5.23. The predicted molar refractivity (Wildman–Crippen MR) is 120 cm³/mol. The number of ether oxygens (including phenoxy) is 1. The second kappa shape index (κ2) is 11.1. The summed E-state index contributed by atoms with van der Waals surface area (Å²) in [5, 5.41) is 23.5. The number of fused-ring (bicyclic) bond motifs is 1. The van der Waals surface area contributed by atoms with Crippen LogP contribution in [0.5, 0.6) is 5.75 Å². The molecule has 0 saturated heterocycles. The topological polar surface area (TPSA) is 120 Å². The molecule has 0 spiro atoms. The van der Waals surface area contributed by atoms with Crippen molar-refractivity contribution < 1.29 is 14.6 Å². The minimum Gasteiger partial charge on any atom is -0.495 e. The van der Waals surface area contributed by atoms with Crippen LogP contribution in [0.2, 0.25) is 0 Å². The molecule has 0 saturated carbocycles. The maximum Gasteiger partial charge on any atom is 0.305 e. The molecule has 1 aliphatic rings. The normalized spacial score (nSPS) is 14.2. The fraction of sp³-hybridized carbons (Fsp3) is 0.391. The Labute approximate surface area is 182 Å². The second-order valence-corrected chi connectivity index (χ2v) is 7.51. The van der Waals surface area contributed by atoms with Crippen molar-refractivity contribution in [3.8, 4) is 5.75 Å². The average molecular weight is 424 g/mol. The molecule has 164 valence electrons. The zero-order valence-electron chi connectivity index (χ0n) is 17.7. The highest BCUT2D eigenvalue weighted by molar-refractivity contribution is 5.69. The summed E-state index contributed by atoms with van der Waals surface area (Å²) in [5.74, 6) is 0.642. The molecule has 0 fully saturated rings. The van der Waals surface area contributed by atoms with Crippen LogP contribution in [-0.4, -0.2) is 40.9 Å². The number of hydrogen-bond acceptors (Lipinski definition) is 7. The summed E-state index contributed by atoms with van der Waals surface area (Å²) in [4.78, 5) is 20.3. The molecular weight excluding hydrogens is 394 g/mol. The van der Waals surface area contributed by atoms with Crippen LogP contribution in [0.25, 0.3) is 0 Å². The number of carboxylic acid groups (broad SMARTS) is 1. The van der Waals surface area contributed by atoms with Crippen molar-refractivity contribution >= 4 is 18.0 Å². The van der Waals surface area contributed by atoms with Gasteiger partial charge in [-0.15, -0.1) is 0 Å². The van der Waals surface area contributed by atoms with E-state index in [2.05, 4.69) is 27.8 Å². The number of carbonyl (C=O) groups is 1. The number of rotatable bonds is 11. The van der Waals surface area contributed by atoms with Crippen LogP contribution in [0.3, 0.4) is 0 Å². The third kappa shape index (κ3) is 6.53. The Kier molecular flexibility index (Phi) is 7.98. The summed E-state index contributed by atoms with van der Waals surface area (Å²) in [6, 6.07) is 5.53. The van der Waals surface area contributed by atoms with Gasteiger partial charge in [0.05, 0.1) is 25.8 Å². The van der Waals surface area contributed by atoms with Crippen molar-refractivity contribution in [2.24, 2.45) is 0 Å². The Bertz CT molecular complexity index is 945. The van der Waals surface area contributed by atoms with Crippen molar-refractivity contribution in [3.05, 3.63) is 59.2 Å². The van der Waals surface area contributed by atoms with Gasteiger partial charge in [0.1, 0.15) is 11.6 Å². The molecule has 4 N–H and O–H groups in total. The molecule has 2 aromatic rings. The zero-order valence-corrected chi connectivity index (χ0v) is 17.7. The van der Waals surface area contributed by atoms with E-state index in [0.29, 0.717) is 12.2 Å². The number of aryl methyl sites for hydroxylation is 2. The molecule has 8 heteroatoms. The molecule has 8 nitrogen and oxygen atoms in total. The van der Waals surface area contributed by atoms with E-state index in [1.807, 2.05) is 0 Å². The standard InChI is InChI=1S/C23H29N5O3/c1-31-20-12-17(14-25-15-20)21(13-22(29)30)27-19(9-10-24)6-2-5-18-8-7-16-4-3-11-26-23(16)28-18/h7-10,12,14-15,21,24,27H,2-6,11,13H2,1H3,(H,26,28)(H,29,30)/b19-9-,24-10?. The molecular formula is C23H29N5O3. The number of allylic oxidation sites excluding steroid dienone is 2. The summed E-state index contributed by atoms with van der Waals surface area (Å²) in [7, 11) is 1.55. The molecule has 31 heavy (non-hydrogen) atoms. The van der Waals surface area contributed by atoms with Crippen LogP contribution in [0.1, 0.15) is 48.5 Å². The summed E-state index contributed by atoms with van der Waals surface area (Å²) in [6.45, 7) is 0.962. The van der Waals surface area contributed by atoms with E-state index in [0.717, 1.165) is 55.0 Å². The molecule has 3 rings (SSSR count). The highest BCUT2D eigenvalue weighted by Gasteiger charge is 2.18. The first-order chi connectivity index (χ1) is 15.1. The maximum atomic E-state index is 11.4. The van der Waals surface area contributed by atoms with Crippen molar-refractivity contribution in [2.45, 2.75) is 44.6 Å². The van der Waals surface area contributed by atoms with Gasteiger partial charge in [0.25, 0.3) is 0 Å². The van der Waals surface area contributed by atoms with Crippen molar-refractivity contribution in [2.75, 3.05) is 19.0 Å². The van der Waals surface area contributed by atoms with Crippen LogP contribution >= 0.6 is 0 Å². The van der Waals surface area contributed by atoms with E-state index in [1.54, 1.807) is 31.6 Å². The quantitative estimate of drug-likeness (QED) is 0.408. The van der Waals surface area contributed by atoms with Gasteiger partial charge in [0.2, 0.25) is 0 Å². The molecule has 0 radical (unpaired) electrons. The Morgan fingerprint density at radius 3 is 3.06 bits per heavy atom. The Morgan fingerprint density at radius 2 is 2.29 bits per heavy atom. The van der Waals surface area contributed by atoms with Gasteiger partial charge in [-0.05, 0) is 61.4 Å². The highest BCUT2D eigenvalue weighted by Crippen LogP contribution is 2.24. The minimum absolute atomic E-state index is 0.109. The molecule has 3 heterocycles. The van der Waals surface area contributed by atoms with Gasteiger partial charge in [0.15, 0.2) is 0 Å². The Balaban J connectivity index is 1.65. The van der Waals surface area contributed by atoms with Crippen LogP contribution in [0.15, 0.2) is 42.4 Å². The van der Waals surface area contributed by atoms with Gasteiger partial charge >= 0.3 is 5.97 Å². The number of aliphatic carboxylic acids is 1. The minimum atomic E-state index is -0.916. The average Bonchev–Trinajstić information content (AvgIpc) is 2.78.